The van der Waals surface area contributed by atoms with Crippen molar-refractivity contribution in [2.45, 2.75) is 51.9 Å². The minimum Gasteiger partial charge on any atom is -0.407 e. The van der Waals surface area contributed by atoms with Crippen LogP contribution in [0.5, 0.6) is 5.75 Å². The fourth-order valence-corrected chi connectivity index (χ4v) is 2.41. The van der Waals surface area contributed by atoms with Crippen molar-refractivity contribution in [1.29, 1.82) is 0 Å². The molecule has 0 spiro atoms. The topological polar surface area (TPSA) is 26.3 Å². The van der Waals surface area contributed by atoms with Crippen LogP contribution in [-0.2, 0) is 4.57 Å². The summed E-state index contributed by atoms with van der Waals surface area (Å²) in [6.45, 7) is 4.41. The monoisotopic (exact) mass is 252 g/mol. The Bertz CT molecular complexity index is 339. The molecule has 0 aromatic heterocycles. The van der Waals surface area contributed by atoms with Crippen molar-refractivity contribution in [1.82, 2.24) is 0 Å². The molecule has 0 aliphatic rings. The molecule has 1 aromatic rings. The molecule has 0 radical (unpaired) electrons. The third kappa shape index (κ3) is 4.47. The highest BCUT2D eigenvalue weighted by Gasteiger charge is 2.14. The Labute approximate surface area is 106 Å². The number of benzene rings is 1. The zero-order chi connectivity index (χ0) is 12.5. The summed E-state index contributed by atoms with van der Waals surface area (Å²) in [6, 6.07) is 7.92. The van der Waals surface area contributed by atoms with Gasteiger partial charge in [0.2, 0.25) is 0 Å². The van der Waals surface area contributed by atoms with Gasteiger partial charge in [0.15, 0.2) is 0 Å². The molecule has 0 aliphatic carbocycles. The molecule has 0 aliphatic heterocycles. The molecule has 94 valence electrons. The third-order valence-corrected chi connectivity index (χ3v) is 3.41. The first-order chi connectivity index (χ1) is 8.33. The first kappa shape index (κ1) is 14.2. The van der Waals surface area contributed by atoms with E-state index in [1.54, 1.807) is 0 Å². The maximum absolute atomic E-state index is 10.6. The second-order valence-electron chi connectivity index (χ2n) is 4.30. The highest BCUT2D eigenvalue weighted by molar-refractivity contribution is 7.17. The van der Waals surface area contributed by atoms with E-state index in [1.807, 2.05) is 18.2 Å². The van der Waals surface area contributed by atoms with Crippen molar-refractivity contribution in [2.75, 3.05) is 0 Å². The Morgan fingerprint density at radius 1 is 1.24 bits per heavy atom. The van der Waals surface area contributed by atoms with E-state index in [-0.39, 0.29) is 8.69 Å². The van der Waals surface area contributed by atoms with E-state index in [9.17, 15) is 4.57 Å². The Morgan fingerprint density at radius 2 is 2.00 bits per heavy atom. The zero-order valence-electron chi connectivity index (χ0n) is 10.7. The van der Waals surface area contributed by atoms with E-state index in [2.05, 4.69) is 19.9 Å². The van der Waals surface area contributed by atoms with Gasteiger partial charge in [0.25, 0.3) is 0 Å². The second-order valence-corrected chi connectivity index (χ2v) is 4.64. The lowest BCUT2D eigenvalue weighted by Gasteiger charge is -2.17. The van der Waals surface area contributed by atoms with Crippen LogP contribution in [0.15, 0.2) is 24.3 Å². The zero-order valence-corrected chi connectivity index (χ0v) is 11.6. The van der Waals surface area contributed by atoms with Crippen LogP contribution in [0.4, 0.5) is 0 Å². The van der Waals surface area contributed by atoms with Gasteiger partial charge in [-0.25, -0.2) is 4.57 Å². The SMILES string of the molecule is CCCCCC(CC)c1ccccc1OP=O. The first-order valence-electron chi connectivity index (χ1n) is 6.42. The molecule has 1 rings (SSSR count). The quantitative estimate of drug-likeness (QED) is 0.460. The highest BCUT2D eigenvalue weighted by atomic mass is 31.1. The Kier molecular flexibility index (Phi) is 6.88. The molecule has 3 heteroatoms. The third-order valence-electron chi connectivity index (χ3n) is 3.14. The fraction of sp³-hybridized carbons (Fsp3) is 0.571. The number of hydrogen-bond acceptors (Lipinski definition) is 2. The predicted molar refractivity (Wildman–Crippen MR) is 71.9 cm³/mol. The van der Waals surface area contributed by atoms with Crippen molar-refractivity contribution in [2.24, 2.45) is 0 Å². The average Bonchev–Trinajstić information content (AvgIpc) is 2.36. The summed E-state index contributed by atoms with van der Waals surface area (Å²) in [5.41, 5.74) is 1.19. The summed E-state index contributed by atoms with van der Waals surface area (Å²) in [5, 5.41) is 0. The van der Waals surface area contributed by atoms with Crippen molar-refractivity contribution in [3.8, 4) is 5.75 Å². The van der Waals surface area contributed by atoms with Gasteiger partial charge in [0.1, 0.15) is 5.75 Å². The van der Waals surface area contributed by atoms with E-state index in [4.69, 9.17) is 4.52 Å². The summed E-state index contributed by atoms with van der Waals surface area (Å²) < 4.78 is 15.7. The van der Waals surface area contributed by atoms with Crippen LogP contribution < -0.4 is 4.52 Å². The molecule has 0 saturated carbocycles. The van der Waals surface area contributed by atoms with E-state index >= 15 is 0 Å². The van der Waals surface area contributed by atoms with Gasteiger partial charge in [-0.3, -0.25) is 0 Å². The van der Waals surface area contributed by atoms with E-state index in [1.165, 1.54) is 31.2 Å². The molecule has 0 heterocycles. The van der Waals surface area contributed by atoms with E-state index in [0.29, 0.717) is 5.92 Å². The summed E-state index contributed by atoms with van der Waals surface area (Å²) in [7, 11) is -0.273. The molecule has 17 heavy (non-hydrogen) atoms. The number of hydrogen-bond donors (Lipinski definition) is 0. The van der Waals surface area contributed by atoms with E-state index < -0.39 is 0 Å². The number of rotatable bonds is 8. The minimum atomic E-state index is -0.273. The van der Waals surface area contributed by atoms with Gasteiger partial charge in [0.05, 0.1) is 0 Å². The molecule has 1 aromatic carbocycles. The van der Waals surface area contributed by atoms with Crippen LogP contribution in [0.3, 0.4) is 0 Å². The lowest BCUT2D eigenvalue weighted by atomic mass is 9.90. The summed E-state index contributed by atoms with van der Waals surface area (Å²) in [6.07, 6.45) is 6.05. The van der Waals surface area contributed by atoms with Crippen LogP contribution in [0, 0.1) is 0 Å². The predicted octanol–water partition coefficient (Wildman–Crippen LogP) is 5.35. The van der Waals surface area contributed by atoms with Gasteiger partial charge in [-0.1, -0.05) is 51.3 Å². The summed E-state index contributed by atoms with van der Waals surface area (Å²) in [5.74, 6) is 1.27. The minimum absolute atomic E-state index is 0.273. The van der Waals surface area contributed by atoms with Gasteiger partial charge in [-0.15, -0.1) is 0 Å². The molecular formula is C14H21O2P. The lowest BCUT2D eigenvalue weighted by molar-refractivity contribution is 0.503. The van der Waals surface area contributed by atoms with Crippen molar-refractivity contribution in [3.05, 3.63) is 29.8 Å². The molecule has 0 saturated heterocycles. The van der Waals surface area contributed by atoms with Crippen LogP contribution in [0.1, 0.15) is 57.4 Å². The standard InChI is InChI=1S/C14H21O2P/c1-3-5-6-9-12(4-2)13-10-7-8-11-14(13)16-17-15/h7-8,10-12H,3-6,9H2,1-2H3. The molecular weight excluding hydrogens is 231 g/mol. The Hall–Kier alpha value is -0.880. The van der Waals surface area contributed by atoms with E-state index in [0.717, 1.165) is 12.2 Å². The average molecular weight is 252 g/mol. The fourth-order valence-electron chi connectivity index (χ4n) is 2.16. The second kappa shape index (κ2) is 8.25. The van der Waals surface area contributed by atoms with Gasteiger partial charge >= 0.3 is 8.69 Å². The molecule has 0 fully saturated rings. The largest absolute Gasteiger partial charge is 0.407 e. The van der Waals surface area contributed by atoms with Crippen molar-refractivity contribution < 1.29 is 9.09 Å². The molecule has 1 unspecified atom stereocenters. The highest BCUT2D eigenvalue weighted by Crippen LogP contribution is 2.33. The van der Waals surface area contributed by atoms with Crippen molar-refractivity contribution >= 4 is 8.69 Å². The maximum Gasteiger partial charge on any atom is 0.395 e. The van der Waals surface area contributed by atoms with Crippen LogP contribution in [-0.4, -0.2) is 0 Å². The van der Waals surface area contributed by atoms with Gasteiger partial charge < -0.3 is 4.52 Å². The molecule has 0 N–H and O–H groups in total. The van der Waals surface area contributed by atoms with Gasteiger partial charge in [0, 0.05) is 0 Å². The van der Waals surface area contributed by atoms with Gasteiger partial charge in [-0.2, -0.15) is 0 Å². The number of para-hydroxylation sites is 1. The van der Waals surface area contributed by atoms with Crippen LogP contribution in [0.25, 0.3) is 0 Å². The lowest BCUT2D eigenvalue weighted by Crippen LogP contribution is -1.99. The molecule has 0 amide bonds. The van der Waals surface area contributed by atoms with Crippen LogP contribution in [0.2, 0.25) is 0 Å². The smallest absolute Gasteiger partial charge is 0.395 e. The van der Waals surface area contributed by atoms with Crippen molar-refractivity contribution in [3.63, 3.8) is 0 Å². The summed E-state index contributed by atoms with van der Waals surface area (Å²) >= 11 is 0. The Balaban J connectivity index is 2.75. The van der Waals surface area contributed by atoms with Crippen LogP contribution >= 0.6 is 8.69 Å². The molecule has 0 bridgehead atoms. The normalized spacial score (nSPS) is 12.6. The number of unbranched alkanes of at least 4 members (excludes halogenated alkanes) is 2. The van der Waals surface area contributed by atoms with Gasteiger partial charge in [-0.05, 0) is 30.4 Å². The molecule has 2 nitrogen and oxygen atoms in total. The maximum atomic E-state index is 10.6. The molecule has 1 atom stereocenters. The Morgan fingerprint density at radius 3 is 2.65 bits per heavy atom. The first-order valence-corrected chi connectivity index (χ1v) is 7.15. The summed E-state index contributed by atoms with van der Waals surface area (Å²) in [4.78, 5) is 0.